The molecule has 2 aromatic rings. The number of nitrogens with one attached hydrogen (secondary N) is 1. The molecule has 0 aliphatic carbocycles. The number of rotatable bonds is 4. The van der Waals surface area contributed by atoms with Gasteiger partial charge in [-0.15, -0.1) is 0 Å². The lowest BCUT2D eigenvalue weighted by Crippen LogP contribution is -2.02. The second-order valence-electron chi connectivity index (χ2n) is 3.72. The first kappa shape index (κ1) is 10.7. The molecule has 2 rings (SSSR count). The van der Waals surface area contributed by atoms with Gasteiger partial charge in [-0.05, 0) is 29.7 Å². The third-order valence-corrected chi connectivity index (χ3v) is 2.64. The van der Waals surface area contributed by atoms with Crippen molar-refractivity contribution >= 4 is 5.69 Å². The van der Waals surface area contributed by atoms with Crippen LogP contribution in [0.1, 0.15) is 18.1 Å². The van der Waals surface area contributed by atoms with Gasteiger partial charge in [0.05, 0.1) is 5.69 Å². The maximum Gasteiger partial charge on any atom is 0.0529 e. The zero-order valence-corrected chi connectivity index (χ0v) is 9.48. The van der Waals surface area contributed by atoms with Gasteiger partial charge >= 0.3 is 0 Å². The van der Waals surface area contributed by atoms with Gasteiger partial charge in [-0.3, -0.25) is 4.98 Å². The molecular formula is C14H16N2. The van der Waals surface area contributed by atoms with Crippen LogP contribution in [0.25, 0.3) is 0 Å². The molecule has 0 spiro atoms. The average Bonchev–Trinajstić information content (AvgIpc) is 2.38. The summed E-state index contributed by atoms with van der Waals surface area (Å²) in [6.45, 7) is 3.04. The quantitative estimate of drug-likeness (QED) is 0.841. The molecular weight excluding hydrogens is 196 g/mol. The highest BCUT2D eigenvalue weighted by Crippen LogP contribution is 2.12. The fourth-order valence-corrected chi connectivity index (χ4v) is 1.74. The van der Waals surface area contributed by atoms with Crippen LogP contribution in [0.2, 0.25) is 0 Å². The molecule has 1 N–H and O–H groups in total. The molecule has 0 atom stereocenters. The van der Waals surface area contributed by atoms with Crippen molar-refractivity contribution in [2.75, 3.05) is 5.32 Å². The Morgan fingerprint density at radius 2 is 1.88 bits per heavy atom. The van der Waals surface area contributed by atoms with E-state index in [0.717, 1.165) is 18.7 Å². The highest BCUT2D eigenvalue weighted by atomic mass is 14.9. The van der Waals surface area contributed by atoms with Crippen molar-refractivity contribution in [3.05, 3.63) is 59.9 Å². The molecule has 2 heteroatoms. The van der Waals surface area contributed by atoms with Crippen LogP contribution in [0.15, 0.2) is 48.8 Å². The molecule has 2 nitrogen and oxygen atoms in total. The second kappa shape index (κ2) is 5.31. The molecule has 82 valence electrons. The zero-order chi connectivity index (χ0) is 11.2. The third-order valence-electron chi connectivity index (χ3n) is 2.64. The Labute approximate surface area is 96.4 Å². The second-order valence-corrected chi connectivity index (χ2v) is 3.72. The zero-order valence-electron chi connectivity index (χ0n) is 9.48. The maximum atomic E-state index is 4.08. The summed E-state index contributed by atoms with van der Waals surface area (Å²) in [5.41, 5.74) is 3.82. The number of anilines is 1. The van der Waals surface area contributed by atoms with Gasteiger partial charge in [0.25, 0.3) is 0 Å². The molecule has 1 aromatic carbocycles. The molecule has 0 unspecified atom stereocenters. The summed E-state index contributed by atoms with van der Waals surface area (Å²) in [6, 6.07) is 12.5. The molecule has 0 aliphatic heterocycles. The summed E-state index contributed by atoms with van der Waals surface area (Å²) in [5, 5.41) is 3.37. The van der Waals surface area contributed by atoms with Crippen LogP contribution < -0.4 is 5.32 Å². The Hall–Kier alpha value is -1.83. The minimum absolute atomic E-state index is 0.857. The lowest BCUT2D eigenvalue weighted by molar-refractivity contribution is 1.04. The van der Waals surface area contributed by atoms with Crippen molar-refractivity contribution < 1.29 is 0 Å². The van der Waals surface area contributed by atoms with Gasteiger partial charge in [-0.2, -0.15) is 0 Å². The van der Waals surface area contributed by atoms with Crippen LogP contribution in [0.3, 0.4) is 0 Å². The van der Waals surface area contributed by atoms with E-state index in [1.54, 1.807) is 6.20 Å². The minimum Gasteiger partial charge on any atom is -0.380 e. The van der Waals surface area contributed by atoms with Crippen molar-refractivity contribution in [2.45, 2.75) is 19.9 Å². The van der Waals surface area contributed by atoms with Gasteiger partial charge in [0.2, 0.25) is 0 Å². The molecule has 16 heavy (non-hydrogen) atoms. The first-order valence-corrected chi connectivity index (χ1v) is 5.61. The van der Waals surface area contributed by atoms with Gasteiger partial charge in [0.1, 0.15) is 0 Å². The van der Waals surface area contributed by atoms with Crippen LogP contribution in [0, 0.1) is 0 Å². The van der Waals surface area contributed by atoms with Crippen molar-refractivity contribution in [3.63, 3.8) is 0 Å². The summed E-state index contributed by atoms with van der Waals surface area (Å²) in [7, 11) is 0. The SMILES string of the molecule is CCc1ccccc1CNc1cccnc1. The molecule has 0 amide bonds. The summed E-state index contributed by atoms with van der Waals surface area (Å²) in [4.78, 5) is 4.08. The summed E-state index contributed by atoms with van der Waals surface area (Å²) >= 11 is 0. The number of nitrogens with zero attached hydrogens (tertiary/aromatic N) is 1. The number of aromatic nitrogens is 1. The number of hydrogen-bond donors (Lipinski definition) is 1. The number of benzene rings is 1. The van der Waals surface area contributed by atoms with Gasteiger partial charge in [-0.1, -0.05) is 31.2 Å². The van der Waals surface area contributed by atoms with E-state index in [9.17, 15) is 0 Å². The van der Waals surface area contributed by atoms with E-state index in [2.05, 4.69) is 41.5 Å². The molecule has 1 aromatic heterocycles. The maximum absolute atomic E-state index is 4.08. The third kappa shape index (κ3) is 2.60. The average molecular weight is 212 g/mol. The fraction of sp³-hybridized carbons (Fsp3) is 0.214. The molecule has 0 saturated heterocycles. The minimum atomic E-state index is 0.857. The van der Waals surface area contributed by atoms with E-state index in [1.807, 2.05) is 18.3 Å². The fourth-order valence-electron chi connectivity index (χ4n) is 1.74. The van der Waals surface area contributed by atoms with E-state index in [1.165, 1.54) is 11.1 Å². The van der Waals surface area contributed by atoms with Crippen LogP contribution in [0.4, 0.5) is 5.69 Å². The van der Waals surface area contributed by atoms with Gasteiger partial charge in [0.15, 0.2) is 0 Å². The lowest BCUT2D eigenvalue weighted by atomic mass is 10.1. The number of pyridine rings is 1. The van der Waals surface area contributed by atoms with E-state index in [-0.39, 0.29) is 0 Å². The topological polar surface area (TPSA) is 24.9 Å². The highest BCUT2D eigenvalue weighted by Gasteiger charge is 1.99. The molecule has 0 saturated carbocycles. The van der Waals surface area contributed by atoms with E-state index in [4.69, 9.17) is 0 Å². The van der Waals surface area contributed by atoms with Crippen LogP contribution in [0.5, 0.6) is 0 Å². The van der Waals surface area contributed by atoms with Crippen LogP contribution in [-0.4, -0.2) is 4.98 Å². The number of aryl methyl sites for hydroxylation is 1. The van der Waals surface area contributed by atoms with E-state index in [0.29, 0.717) is 0 Å². The predicted molar refractivity (Wildman–Crippen MR) is 67.4 cm³/mol. The summed E-state index contributed by atoms with van der Waals surface area (Å²) < 4.78 is 0. The number of hydrogen-bond acceptors (Lipinski definition) is 2. The van der Waals surface area contributed by atoms with E-state index < -0.39 is 0 Å². The molecule has 0 aliphatic rings. The Bertz CT molecular complexity index is 437. The molecule has 0 fully saturated rings. The Morgan fingerprint density at radius 3 is 2.56 bits per heavy atom. The Morgan fingerprint density at radius 1 is 1.06 bits per heavy atom. The van der Waals surface area contributed by atoms with Gasteiger partial charge in [-0.25, -0.2) is 0 Å². The standard InChI is InChI=1S/C14H16N2/c1-2-12-6-3-4-7-13(12)10-16-14-8-5-9-15-11-14/h3-9,11,16H,2,10H2,1H3. The monoisotopic (exact) mass is 212 g/mol. The predicted octanol–water partition coefficient (Wildman–Crippen LogP) is 3.26. The van der Waals surface area contributed by atoms with Crippen molar-refractivity contribution in [3.8, 4) is 0 Å². The normalized spacial score (nSPS) is 10.1. The Balaban J connectivity index is 2.05. The van der Waals surface area contributed by atoms with Gasteiger partial charge < -0.3 is 5.32 Å². The first-order chi connectivity index (χ1) is 7.90. The smallest absolute Gasteiger partial charge is 0.0529 e. The van der Waals surface area contributed by atoms with Crippen molar-refractivity contribution in [1.82, 2.24) is 4.98 Å². The van der Waals surface area contributed by atoms with Crippen LogP contribution >= 0.6 is 0 Å². The molecule has 1 heterocycles. The molecule has 0 bridgehead atoms. The van der Waals surface area contributed by atoms with Crippen molar-refractivity contribution in [1.29, 1.82) is 0 Å². The van der Waals surface area contributed by atoms with E-state index >= 15 is 0 Å². The van der Waals surface area contributed by atoms with Crippen molar-refractivity contribution in [2.24, 2.45) is 0 Å². The summed E-state index contributed by atoms with van der Waals surface area (Å²) in [5.74, 6) is 0. The molecule has 0 radical (unpaired) electrons. The first-order valence-electron chi connectivity index (χ1n) is 5.61. The summed E-state index contributed by atoms with van der Waals surface area (Å²) in [6.07, 6.45) is 4.70. The largest absolute Gasteiger partial charge is 0.380 e. The lowest BCUT2D eigenvalue weighted by Gasteiger charge is -2.09. The Kier molecular flexibility index (Phi) is 3.54. The highest BCUT2D eigenvalue weighted by molar-refractivity contribution is 5.41. The van der Waals surface area contributed by atoms with Crippen LogP contribution in [-0.2, 0) is 13.0 Å². The van der Waals surface area contributed by atoms with Gasteiger partial charge in [0, 0.05) is 18.9 Å².